The number of hydrogen-bond donors (Lipinski definition) is 2. The maximum absolute atomic E-state index is 9.79. The molecule has 1 fully saturated rings. The van der Waals surface area contributed by atoms with Crippen molar-refractivity contribution in [2.45, 2.75) is 38.7 Å². The predicted octanol–water partition coefficient (Wildman–Crippen LogP) is 0.818. The Morgan fingerprint density at radius 3 is 2.93 bits per heavy atom. The Morgan fingerprint density at radius 2 is 2.29 bits per heavy atom. The van der Waals surface area contributed by atoms with Crippen LogP contribution in [0.4, 0.5) is 0 Å². The molecule has 0 radical (unpaired) electrons. The summed E-state index contributed by atoms with van der Waals surface area (Å²) in [5.41, 5.74) is 5.49. The first-order valence-corrected chi connectivity index (χ1v) is 5.88. The van der Waals surface area contributed by atoms with Gasteiger partial charge in [-0.25, -0.2) is 0 Å². The van der Waals surface area contributed by atoms with Gasteiger partial charge in [0.1, 0.15) is 0 Å². The summed E-state index contributed by atoms with van der Waals surface area (Å²) in [7, 11) is 0. The maximum atomic E-state index is 9.79. The standard InChI is InChI=1S/C11H24N2O/c1-2-4-10-9-13(7-3-6-12)8-5-11(10)14/h10-11,14H,2-9,12H2,1H3/t10-,11-/m1/s1. The summed E-state index contributed by atoms with van der Waals surface area (Å²) < 4.78 is 0. The van der Waals surface area contributed by atoms with Crippen LogP contribution in [0.15, 0.2) is 0 Å². The number of likely N-dealkylation sites (tertiary alicyclic amines) is 1. The fraction of sp³-hybridized carbons (Fsp3) is 1.00. The quantitative estimate of drug-likeness (QED) is 0.691. The van der Waals surface area contributed by atoms with Crippen LogP contribution in [0.25, 0.3) is 0 Å². The number of rotatable bonds is 5. The van der Waals surface area contributed by atoms with Gasteiger partial charge < -0.3 is 15.7 Å². The van der Waals surface area contributed by atoms with Crippen molar-refractivity contribution >= 4 is 0 Å². The van der Waals surface area contributed by atoms with Crippen molar-refractivity contribution in [3.05, 3.63) is 0 Å². The fourth-order valence-electron chi connectivity index (χ4n) is 2.27. The Bertz CT molecular complexity index is 150. The van der Waals surface area contributed by atoms with Gasteiger partial charge >= 0.3 is 0 Å². The van der Waals surface area contributed by atoms with E-state index in [2.05, 4.69) is 11.8 Å². The predicted molar refractivity (Wildman–Crippen MR) is 59.1 cm³/mol. The molecule has 0 bridgehead atoms. The molecule has 0 unspecified atom stereocenters. The molecule has 0 aliphatic carbocycles. The van der Waals surface area contributed by atoms with Gasteiger partial charge in [0.15, 0.2) is 0 Å². The molecule has 1 rings (SSSR count). The highest BCUT2D eigenvalue weighted by molar-refractivity contribution is 4.79. The minimum absolute atomic E-state index is 0.0657. The van der Waals surface area contributed by atoms with Gasteiger partial charge in [-0.15, -0.1) is 0 Å². The van der Waals surface area contributed by atoms with E-state index in [4.69, 9.17) is 5.73 Å². The monoisotopic (exact) mass is 200 g/mol. The van der Waals surface area contributed by atoms with Gasteiger partial charge in [-0.3, -0.25) is 0 Å². The van der Waals surface area contributed by atoms with E-state index >= 15 is 0 Å². The van der Waals surface area contributed by atoms with E-state index in [-0.39, 0.29) is 6.10 Å². The van der Waals surface area contributed by atoms with E-state index in [1.165, 1.54) is 6.42 Å². The highest BCUT2D eigenvalue weighted by Crippen LogP contribution is 2.21. The molecule has 1 heterocycles. The van der Waals surface area contributed by atoms with Crippen molar-refractivity contribution in [1.29, 1.82) is 0 Å². The average molecular weight is 200 g/mol. The molecule has 14 heavy (non-hydrogen) atoms. The van der Waals surface area contributed by atoms with Gasteiger partial charge in [-0.2, -0.15) is 0 Å². The summed E-state index contributed by atoms with van der Waals surface area (Å²) in [6.45, 7) is 6.17. The van der Waals surface area contributed by atoms with Crippen molar-refractivity contribution in [3.63, 3.8) is 0 Å². The summed E-state index contributed by atoms with van der Waals surface area (Å²) in [4.78, 5) is 2.44. The molecule has 84 valence electrons. The second-order valence-corrected chi connectivity index (χ2v) is 4.35. The molecule has 3 heteroatoms. The lowest BCUT2D eigenvalue weighted by Crippen LogP contribution is -2.43. The molecule has 2 atom stereocenters. The van der Waals surface area contributed by atoms with Crippen molar-refractivity contribution in [2.75, 3.05) is 26.2 Å². The zero-order valence-electron chi connectivity index (χ0n) is 9.28. The average Bonchev–Trinajstić information content (AvgIpc) is 2.19. The zero-order valence-corrected chi connectivity index (χ0v) is 9.28. The SMILES string of the molecule is CCC[C@@H]1CN(CCCN)CC[C@H]1O. The number of nitrogens with zero attached hydrogens (tertiary/aromatic N) is 1. The molecule has 0 aromatic rings. The summed E-state index contributed by atoms with van der Waals surface area (Å²) in [5.74, 6) is 0.492. The van der Waals surface area contributed by atoms with E-state index in [1.807, 2.05) is 0 Å². The van der Waals surface area contributed by atoms with Crippen LogP contribution in [0, 0.1) is 5.92 Å². The molecule has 0 aromatic heterocycles. The van der Waals surface area contributed by atoms with Crippen molar-refractivity contribution in [2.24, 2.45) is 11.7 Å². The van der Waals surface area contributed by atoms with Crippen molar-refractivity contribution < 1.29 is 5.11 Å². The molecule has 3 N–H and O–H groups in total. The van der Waals surface area contributed by atoms with Crippen LogP contribution >= 0.6 is 0 Å². The van der Waals surface area contributed by atoms with E-state index in [9.17, 15) is 5.11 Å². The molecule has 1 aliphatic rings. The van der Waals surface area contributed by atoms with E-state index < -0.39 is 0 Å². The first-order chi connectivity index (χ1) is 6.77. The van der Waals surface area contributed by atoms with Crippen molar-refractivity contribution in [1.82, 2.24) is 4.90 Å². The van der Waals surface area contributed by atoms with Gasteiger partial charge in [-0.05, 0) is 38.3 Å². The Kier molecular flexibility index (Phi) is 5.45. The van der Waals surface area contributed by atoms with Crippen LogP contribution in [0.5, 0.6) is 0 Å². The second-order valence-electron chi connectivity index (χ2n) is 4.35. The highest BCUT2D eigenvalue weighted by Gasteiger charge is 2.26. The van der Waals surface area contributed by atoms with E-state index in [0.29, 0.717) is 5.92 Å². The minimum atomic E-state index is -0.0657. The third kappa shape index (κ3) is 3.56. The fourth-order valence-corrected chi connectivity index (χ4v) is 2.27. The molecule has 1 saturated heterocycles. The second kappa shape index (κ2) is 6.38. The van der Waals surface area contributed by atoms with Crippen molar-refractivity contribution in [3.8, 4) is 0 Å². The smallest absolute Gasteiger partial charge is 0.0592 e. The van der Waals surface area contributed by atoms with Gasteiger partial charge in [-0.1, -0.05) is 13.3 Å². The normalized spacial score (nSPS) is 29.4. The molecule has 1 aliphatic heterocycles. The molecule has 0 spiro atoms. The number of piperidine rings is 1. The van der Waals surface area contributed by atoms with Crippen LogP contribution in [-0.2, 0) is 0 Å². The Hall–Kier alpha value is -0.120. The number of aliphatic hydroxyl groups excluding tert-OH is 1. The van der Waals surface area contributed by atoms with Gasteiger partial charge in [0.2, 0.25) is 0 Å². The van der Waals surface area contributed by atoms with E-state index in [1.54, 1.807) is 0 Å². The maximum Gasteiger partial charge on any atom is 0.0592 e. The summed E-state index contributed by atoms with van der Waals surface area (Å²) >= 11 is 0. The van der Waals surface area contributed by atoms with Gasteiger partial charge in [0.05, 0.1) is 6.10 Å². The Balaban J connectivity index is 2.29. The van der Waals surface area contributed by atoms with E-state index in [0.717, 1.165) is 45.4 Å². The summed E-state index contributed by atoms with van der Waals surface area (Å²) in [6.07, 6.45) is 4.28. The lowest BCUT2D eigenvalue weighted by Gasteiger charge is -2.36. The van der Waals surface area contributed by atoms with Gasteiger partial charge in [0.25, 0.3) is 0 Å². The van der Waals surface area contributed by atoms with Gasteiger partial charge in [0, 0.05) is 13.1 Å². The molecule has 0 saturated carbocycles. The van der Waals surface area contributed by atoms with Crippen LogP contribution in [-0.4, -0.2) is 42.3 Å². The number of nitrogens with two attached hydrogens (primary N) is 1. The summed E-state index contributed by atoms with van der Waals surface area (Å²) in [6, 6.07) is 0. The lowest BCUT2D eigenvalue weighted by molar-refractivity contribution is 0.0226. The van der Waals surface area contributed by atoms with Crippen LogP contribution in [0.3, 0.4) is 0 Å². The third-order valence-corrected chi connectivity index (χ3v) is 3.12. The molecule has 0 aromatic carbocycles. The van der Waals surface area contributed by atoms with Crippen LogP contribution < -0.4 is 5.73 Å². The topological polar surface area (TPSA) is 49.5 Å². The van der Waals surface area contributed by atoms with Crippen LogP contribution in [0.1, 0.15) is 32.6 Å². The first-order valence-electron chi connectivity index (χ1n) is 5.88. The molecular formula is C11H24N2O. The third-order valence-electron chi connectivity index (χ3n) is 3.12. The molecule has 3 nitrogen and oxygen atoms in total. The lowest BCUT2D eigenvalue weighted by atomic mass is 9.91. The highest BCUT2D eigenvalue weighted by atomic mass is 16.3. The first kappa shape index (κ1) is 12.0. The number of aliphatic hydroxyl groups is 1. The molecular weight excluding hydrogens is 176 g/mol. The minimum Gasteiger partial charge on any atom is -0.393 e. The Labute approximate surface area is 87.3 Å². The van der Waals surface area contributed by atoms with Crippen LogP contribution in [0.2, 0.25) is 0 Å². The molecule has 0 amide bonds. The zero-order chi connectivity index (χ0) is 10.4. The summed E-state index contributed by atoms with van der Waals surface area (Å²) in [5, 5.41) is 9.79. The largest absolute Gasteiger partial charge is 0.393 e. The Morgan fingerprint density at radius 1 is 1.50 bits per heavy atom. The number of hydrogen-bond acceptors (Lipinski definition) is 3.